The summed E-state index contributed by atoms with van der Waals surface area (Å²) in [6.45, 7) is -0.0873. The maximum Gasteiger partial charge on any atom is 0.449 e. The third kappa shape index (κ3) is 3.55. The van der Waals surface area contributed by atoms with Crippen LogP contribution in [0.4, 0.5) is 13.2 Å². The summed E-state index contributed by atoms with van der Waals surface area (Å²) in [7, 11) is 1.49. The summed E-state index contributed by atoms with van der Waals surface area (Å²) in [6.07, 6.45) is -3.68. The second-order valence-electron chi connectivity index (χ2n) is 4.20. The van der Waals surface area contributed by atoms with Crippen molar-refractivity contribution < 1.29 is 22.7 Å². The highest BCUT2D eigenvalue weighted by Gasteiger charge is 2.37. The fourth-order valence-electron chi connectivity index (χ4n) is 1.79. The van der Waals surface area contributed by atoms with Crippen molar-refractivity contribution in [2.75, 3.05) is 7.11 Å². The molecule has 0 saturated carbocycles. The average molecular weight is 319 g/mol. The minimum absolute atomic E-state index is 0.0873. The zero-order valence-corrected chi connectivity index (χ0v) is 11.6. The second kappa shape index (κ2) is 5.77. The van der Waals surface area contributed by atoms with Crippen molar-refractivity contribution in [3.63, 3.8) is 0 Å². The molecule has 2 rings (SSSR count). The Hall–Kier alpha value is -2.02. The van der Waals surface area contributed by atoms with Gasteiger partial charge in [0.05, 0.1) is 7.11 Å². The molecule has 0 amide bonds. The van der Waals surface area contributed by atoms with Crippen LogP contribution in [0.2, 0.25) is 0 Å². The van der Waals surface area contributed by atoms with Crippen molar-refractivity contribution in [2.24, 2.45) is 0 Å². The third-order valence-electron chi connectivity index (χ3n) is 2.74. The van der Waals surface area contributed by atoms with E-state index in [1.807, 2.05) is 0 Å². The van der Waals surface area contributed by atoms with Crippen LogP contribution in [-0.4, -0.2) is 21.9 Å². The van der Waals surface area contributed by atoms with Gasteiger partial charge < -0.3 is 9.30 Å². The summed E-state index contributed by atoms with van der Waals surface area (Å²) in [5.74, 6) is -0.570. The first-order chi connectivity index (χ1) is 9.81. The van der Waals surface area contributed by atoms with Crippen LogP contribution < -0.4 is 4.74 Å². The summed E-state index contributed by atoms with van der Waals surface area (Å²) in [6, 6.07) is 6.52. The number of imidazole rings is 1. The van der Waals surface area contributed by atoms with Crippen LogP contribution in [-0.2, 0) is 12.7 Å². The standard InChI is InChI=1S/C13H10ClF3N2O2/c1-21-9-4-2-8(3-5-9)6-19-7-10(11(14)20)18-12(19)13(15,16)17/h2-5,7H,6H2,1H3. The third-order valence-corrected chi connectivity index (χ3v) is 2.94. The molecule has 4 nitrogen and oxygen atoms in total. The number of ether oxygens (including phenoxy) is 1. The van der Waals surface area contributed by atoms with E-state index in [1.165, 1.54) is 7.11 Å². The quantitative estimate of drug-likeness (QED) is 0.812. The van der Waals surface area contributed by atoms with Crippen molar-refractivity contribution in [3.05, 3.63) is 47.5 Å². The minimum Gasteiger partial charge on any atom is -0.497 e. The van der Waals surface area contributed by atoms with Gasteiger partial charge in [-0.1, -0.05) is 12.1 Å². The lowest BCUT2D eigenvalue weighted by Crippen LogP contribution is -2.15. The molecule has 0 unspecified atom stereocenters. The molecule has 0 bridgehead atoms. The first-order valence-electron chi connectivity index (χ1n) is 5.78. The van der Waals surface area contributed by atoms with E-state index in [4.69, 9.17) is 16.3 Å². The second-order valence-corrected chi connectivity index (χ2v) is 4.54. The summed E-state index contributed by atoms with van der Waals surface area (Å²) >= 11 is 5.18. The van der Waals surface area contributed by atoms with Gasteiger partial charge in [0.25, 0.3) is 5.24 Å². The molecule has 0 aliphatic carbocycles. The highest BCUT2D eigenvalue weighted by atomic mass is 35.5. The van der Waals surface area contributed by atoms with Gasteiger partial charge in [0.2, 0.25) is 5.82 Å². The van der Waals surface area contributed by atoms with E-state index >= 15 is 0 Å². The Kier molecular flexibility index (Phi) is 4.22. The summed E-state index contributed by atoms with van der Waals surface area (Å²) in [5.41, 5.74) is 0.171. The van der Waals surface area contributed by atoms with Crippen LogP contribution in [0.3, 0.4) is 0 Å². The fraction of sp³-hybridized carbons (Fsp3) is 0.231. The Labute approximate surface area is 123 Å². The molecule has 8 heteroatoms. The number of carbonyl (C=O) groups is 1. The number of alkyl halides is 3. The number of rotatable bonds is 4. The van der Waals surface area contributed by atoms with E-state index in [-0.39, 0.29) is 6.54 Å². The average Bonchev–Trinajstić information content (AvgIpc) is 2.84. The molecule has 0 fully saturated rings. The van der Waals surface area contributed by atoms with Gasteiger partial charge in [0, 0.05) is 12.7 Å². The number of carbonyl (C=O) groups excluding carboxylic acids is 1. The maximum absolute atomic E-state index is 12.9. The van der Waals surface area contributed by atoms with Gasteiger partial charge in [0.15, 0.2) is 0 Å². The monoisotopic (exact) mass is 318 g/mol. The van der Waals surface area contributed by atoms with E-state index in [1.54, 1.807) is 24.3 Å². The maximum atomic E-state index is 12.9. The van der Waals surface area contributed by atoms with Gasteiger partial charge in [0.1, 0.15) is 11.4 Å². The number of hydrogen-bond acceptors (Lipinski definition) is 3. The molecular formula is C13H10ClF3N2O2. The van der Waals surface area contributed by atoms with Crippen LogP contribution in [0, 0.1) is 0 Å². The molecule has 1 aromatic heterocycles. The molecule has 2 aromatic rings. The molecule has 0 N–H and O–H groups in total. The van der Waals surface area contributed by atoms with Crippen LogP contribution in [0.15, 0.2) is 30.5 Å². The Morgan fingerprint density at radius 1 is 1.33 bits per heavy atom. The molecule has 1 aromatic carbocycles. The SMILES string of the molecule is COc1ccc(Cn2cc(C(=O)Cl)nc2C(F)(F)F)cc1. The Bertz CT molecular complexity index is 650. The van der Waals surface area contributed by atoms with Crippen molar-refractivity contribution in [2.45, 2.75) is 12.7 Å². The van der Waals surface area contributed by atoms with Gasteiger partial charge in [-0.2, -0.15) is 13.2 Å². The van der Waals surface area contributed by atoms with E-state index in [2.05, 4.69) is 4.98 Å². The van der Waals surface area contributed by atoms with Gasteiger partial charge in [-0.05, 0) is 29.3 Å². The van der Waals surface area contributed by atoms with Gasteiger partial charge in [-0.25, -0.2) is 4.98 Å². The largest absolute Gasteiger partial charge is 0.497 e. The summed E-state index contributed by atoms with van der Waals surface area (Å²) < 4.78 is 44.5. The first kappa shape index (κ1) is 15.4. The van der Waals surface area contributed by atoms with E-state index < -0.39 is 22.9 Å². The molecule has 0 aliphatic rings. The molecular weight excluding hydrogens is 309 g/mol. The predicted molar refractivity (Wildman–Crippen MR) is 69.5 cm³/mol. The lowest BCUT2D eigenvalue weighted by atomic mass is 10.2. The topological polar surface area (TPSA) is 44.1 Å². The summed E-state index contributed by atoms with van der Waals surface area (Å²) in [5, 5.41) is -1.03. The van der Waals surface area contributed by atoms with Crippen molar-refractivity contribution in [3.8, 4) is 5.75 Å². The Morgan fingerprint density at radius 3 is 2.43 bits per heavy atom. The molecule has 0 radical (unpaired) electrons. The van der Waals surface area contributed by atoms with Crippen LogP contribution in [0.25, 0.3) is 0 Å². The number of hydrogen-bond donors (Lipinski definition) is 0. The minimum atomic E-state index is -4.67. The highest BCUT2D eigenvalue weighted by Crippen LogP contribution is 2.29. The smallest absolute Gasteiger partial charge is 0.449 e. The highest BCUT2D eigenvalue weighted by molar-refractivity contribution is 6.67. The molecule has 1 heterocycles. The predicted octanol–water partition coefficient (Wildman–Crippen LogP) is 3.34. The number of methoxy groups -OCH3 is 1. The normalized spacial score (nSPS) is 11.5. The van der Waals surface area contributed by atoms with Gasteiger partial charge in [-0.3, -0.25) is 4.79 Å². The summed E-state index contributed by atoms with van der Waals surface area (Å²) in [4.78, 5) is 14.2. The number of benzene rings is 1. The van der Waals surface area contributed by atoms with Crippen LogP contribution in [0.1, 0.15) is 21.9 Å². The Balaban J connectivity index is 2.35. The van der Waals surface area contributed by atoms with Crippen molar-refractivity contribution in [1.82, 2.24) is 9.55 Å². The fourth-order valence-corrected chi connectivity index (χ4v) is 1.88. The van der Waals surface area contributed by atoms with Crippen molar-refractivity contribution in [1.29, 1.82) is 0 Å². The molecule has 0 saturated heterocycles. The molecule has 0 atom stereocenters. The van der Waals surface area contributed by atoms with Gasteiger partial charge >= 0.3 is 6.18 Å². The molecule has 0 spiro atoms. The van der Waals surface area contributed by atoms with Crippen LogP contribution in [0.5, 0.6) is 5.75 Å². The number of halogens is 4. The van der Waals surface area contributed by atoms with Gasteiger partial charge in [-0.15, -0.1) is 0 Å². The first-order valence-corrected chi connectivity index (χ1v) is 6.16. The zero-order valence-electron chi connectivity index (χ0n) is 10.8. The molecule has 0 aliphatic heterocycles. The number of nitrogens with zero attached hydrogens (tertiary/aromatic N) is 2. The van der Waals surface area contributed by atoms with E-state index in [0.29, 0.717) is 11.3 Å². The Morgan fingerprint density at radius 2 is 1.95 bits per heavy atom. The zero-order chi connectivity index (χ0) is 15.6. The lowest BCUT2D eigenvalue weighted by molar-refractivity contribution is -0.147. The van der Waals surface area contributed by atoms with Crippen LogP contribution >= 0.6 is 11.6 Å². The van der Waals surface area contributed by atoms with E-state index in [0.717, 1.165) is 10.8 Å². The van der Waals surface area contributed by atoms with E-state index in [9.17, 15) is 18.0 Å². The molecule has 21 heavy (non-hydrogen) atoms. The number of aromatic nitrogens is 2. The molecule has 112 valence electrons. The van der Waals surface area contributed by atoms with Crippen molar-refractivity contribution >= 4 is 16.8 Å². The lowest BCUT2D eigenvalue weighted by Gasteiger charge is -2.10.